The Morgan fingerprint density at radius 2 is 1.10 bits per heavy atom. The lowest BCUT2D eigenvalue weighted by atomic mass is 9.60. The van der Waals surface area contributed by atoms with Gasteiger partial charge >= 0.3 is 0 Å². The van der Waals surface area contributed by atoms with Crippen LogP contribution in [0.5, 0.6) is 0 Å². The largest absolute Gasteiger partial charge is 0.331 e. The number of ketones is 1. The van der Waals surface area contributed by atoms with Crippen molar-refractivity contribution in [3.63, 3.8) is 0 Å². The second-order valence-electron chi connectivity index (χ2n) is 25.9. The van der Waals surface area contributed by atoms with Gasteiger partial charge in [0.2, 0.25) is 0 Å². The van der Waals surface area contributed by atoms with Crippen LogP contribution in [0.4, 0.5) is 4.39 Å². The zero-order valence-corrected chi connectivity index (χ0v) is 51.2. The van der Waals surface area contributed by atoms with Crippen molar-refractivity contribution in [2.75, 3.05) is 0 Å². The highest BCUT2D eigenvalue weighted by Crippen LogP contribution is 2.64. The molecule has 8 aromatic carbocycles. The molecular formula is C81H74FN3O. The Balaban J connectivity index is 1.29. The molecule has 1 aromatic heterocycles. The number of nitrogens with one attached hydrogen (secondary N) is 1. The normalized spacial score (nSPS) is 16.6. The highest BCUT2D eigenvalue weighted by Gasteiger charge is 2.54. The van der Waals surface area contributed by atoms with E-state index in [0.717, 1.165) is 112 Å². The second-order valence-corrected chi connectivity index (χ2v) is 25.9. The number of unbranched alkanes of at least 4 members (excludes halogenated alkanes) is 1. The average Bonchev–Trinajstić information content (AvgIpc) is 1.49. The van der Waals surface area contributed by atoms with Gasteiger partial charge in [0.25, 0.3) is 0 Å². The summed E-state index contributed by atoms with van der Waals surface area (Å²) < 4.78 is 20.1. The fraction of sp³-hybridized carbons (Fsp3) is 0.222. The molecule has 86 heavy (non-hydrogen) atoms. The number of halogens is 1. The maximum atomic E-state index is 17.7. The molecule has 0 saturated carbocycles. The first-order chi connectivity index (χ1) is 41.4. The molecule has 0 saturated heterocycles. The molecule has 0 fully saturated rings. The summed E-state index contributed by atoms with van der Waals surface area (Å²) in [6.07, 6.45) is 5.58. The average molecular weight is 1120 g/mol. The summed E-state index contributed by atoms with van der Waals surface area (Å²) in [5, 5.41) is 21.2. The summed E-state index contributed by atoms with van der Waals surface area (Å²) in [6.45, 7) is 22.0. The Kier molecular flexibility index (Phi) is 15.1. The second kappa shape index (κ2) is 22.6. The van der Waals surface area contributed by atoms with E-state index in [0.29, 0.717) is 40.7 Å². The molecule has 5 heteroatoms. The number of fused-ring (bicyclic) bond motifs is 5. The number of rotatable bonds is 13. The van der Waals surface area contributed by atoms with Gasteiger partial charge < -0.3 is 9.98 Å². The Morgan fingerprint density at radius 3 is 1.65 bits per heavy atom. The van der Waals surface area contributed by atoms with Crippen LogP contribution >= 0.6 is 0 Å². The molecule has 0 radical (unpaired) electrons. The maximum absolute atomic E-state index is 17.7. The van der Waals surface area contributed by atoms with E-state index >= 15 is 9.18 Å². The van der Waals surface area contributed by atoms with E-state index in [1.807, 2.05) is 36.4 Å². The van der Waals surface area contributed by atoms with Gasteiger partial charge in [0.15, 0.2) is 5.78 Å². The SMILES string of the molecule is CCCCC(=O)C1=C(c2ccccc2)C2=C(c3c(C)cc(C)cc3C)c3c(-c4ccccc4)c(-c4ccccc4F)c(-c4cccc(-c5ccc(C(C)(C)C)cc5)c4)n3[C@H]3C(C=N)=C(C#N)C3C2C=C1c1cccc(-c2ccc(C(C)(C)C)cc2)c1. The summed E-state index contributed by atoms with van der Waals surface area (Å²) >= 11 is 0. The molecule has 3 aliphatic rings. The van der Waals surface area contributed by atoms with E-state index in [-0.39, 0.29) is 22.4 Å². The number of carbonyl (C=O) groups is 1. The van der Waals surface area contributed by atoms with Crippen molar-refractivity contribution < 1.29 is 9.18 Å². The Labute approximate surface area is 508 Å². The van der Waals surface area contributed by atoms with Crippen molar-refractivity contribution in [1.29, 1.82) is 10.7 Å². The molecule has 2 heterocycles. The van der Waals surface area contributed by atoms with Crippen LogP contribution in [0.25, 0.3) is 72.5 Å². The fourth-order valence-corrected chi connectivity index (χ4v) is 14.0. The van der Waals surface area contributed by atoms with Gasteiger partial charge in [-0.05, 0) is 145 Å². The number of hydrogen-bond acceptors (Lipinski definition) is 3. The number of aryl methyl sites for hydroxylation is 3. The van der Waals surface area contributed by atoms with E-state index in [1.165, 1.54) is 17.3 Å². The lowest BCUT2D eigenvalue weighted by Crippen LogP contribution is -2.39. The quantitative estimate of drug-likeness (QED) is 0.117. The third-order valence-electron chi connectivity index (χ3n) is 18.1. The molecule has 2 aliphatic carbocycles. The Morgan fingerprint density at radius 1 is 0.581 bits per heavy atom. The predicted molar refractivity (Wildman–Crippen MR) is 355 cm³/mol. The lowest BCUT2D eigenvalue weighted by molar-refractivity contribution is -0.115. The highest BCUT2D eigenvalue weighted by molar-refractivity contribution is 6.22. The molecule has 0 bridgehead atoms. The third kappa shape index (κ3) is 9.99. The zero-order valence-electron chi connectivity index (χ0n) is 51.2. The van der Waals surface area contributed by atoms with Gasteiger partial charge in [0, 0.05) is 63.5 Å². The first-order valence-corrected chi connectivity index (χ1v) is 30.5. The van der Waals surface area contributed by atoms with Crippen molar-refractivity contribution in [2.45, 2.75) is 105 Å². The highest BCUT2D eigenvalue weighted by atomic mass is 19.1. The molecule has 12 rings (SSSR count). The molecule has 2 unspecified atom stereocenters. The minimum absolute atomic E-state index is 0.0163. The summed E-state index contributed by atoms with van der Waals surface area (Å²) in [4.78, 5) is 16.1. The van der Waals surface area contributed by atoms with Crippen LogP contribution in [0, 0.1) is 55.2 Å². The molecule has 0 amide bonds. The summed E-state index contributed by atoms with van der Waals surface area (Å²) in [5.74, 6) is -1.38. The Bertz CT molecular complexity index is 4330. The summed E-state index contributed by atoms with van der Waals surface area (Å²) in [6, 6.07) is 69.3. The van der Waals surface area contributed by atoms with Crippen molar-refractivity contribution in [3.8, 4) is 61.8 Å². The topological polar surface area (TPSA) is 69.6 Å². The van der Waals surface area contributed by atoms with Crippen molar-refractivity contribution >= 4 is 28.7 Å². The van der Waals surface area contributed by atoms with E-state index in [1.54, 1.807) is 12.1 Å². The van der Waals surface area contributed by atoms with E-state index in [4.69, 9.17) is 0 Å². The first kappa shape index (κ1) is 57.2. The smallest absolute Gasteiger partial charge is 0.164 e. The number of benzene rings is 8. The van der Waals surface area contributed by atoms with Crippen molar-refractivity contribution in [2.24, 2.45) is 11.8 Å². The van der Waals surface area contributed by atoms with Gasteiger partial charge in [0.05, 0.1) is 23.5 Å². The van der Waals surface area contributed by atoms with Crippen LogP contribution in [0.15, 0.2) is 222 Å². The number of carbonyl (C=O) groups excluding carboxylic acids is 1. The maximum Gasteiger partial charge on any atom is 0.164 e. The molecule has 1 N–H and O–H groups in total. The van der Waals surface area contributed by atoms with Crippen LogP contribution in [0.1, 0.15) is 124 Å². The zero-order chi connectivity index (χ0) is 60.3. The lowest BCUT2D eigenvalue weighted by Gasteiger charge is -2.44. The monoisotopic (exact) mass is 1120 g/mol. The molecular weight excluding hydrogens is 1050 g/mol. The molecule has 3 atom stereocenters. The minimum atomic E-state index is -0.604. The van der Waals surface area contributed by atoms with Gasteiger partial charge in [-0.25, -0.2) is 4.39 Å². The number of hydrogen-bond donors (Lipinski definition) is 1. The molecule has 4 nitrogen and oxygen atoms in total. The van der Waals surface area contributed by atoms with Crippen LogP contribution < -0.4 is 0 Å². The van der Waals surface area contributed by atoms with Crippen LogP contribution in [0.3, 0.4) is 0 Å². The first-order valence-electron chi connectivity index (χ1n) is 30.5. The minimum Gasteiger partial charge on any atom is -0.331 e. The fourth-order valence-electron chi connectivity index (χ4n) is 14.0. The van der Waals surface area contributed by atoms with Crippen LogP contribution in [-0.2, 0) is 15.6 Å². The van der Waals surface area contributed by atoms with E-state index < -0.39 is 17.9 Å². The van der Waals surface area contributed by atoms with E-state index in [2.05, 4.69) is 232 Å². The van der Waals surface area contributed by atoms with Gasteiger partial charge in [-0.1, -0.05) is 242 Å². The van der Waals surface area contributed by atoms with Gasteiger partial charge in [-0.15, -0.1) is 0 Å². The molecule has 9 aromatic rings. The Hall–Kier alpha value is -9.24. The molecule has 0 spiro atoms. The number of allylic oxidation sites excluding steroid dienone is 7. The van der Waals surface area contributed by atoms with E-state index in [9.17, 15) is 10.7 Å². The predicted octanol–water partition coefficient (Wildman–Crippen LogP) is 20.9. The number of nitrogens with zero attached hydrogens (tertiary/aromatic N) is 2. The third-order valence-corrected chi connectivity index (χ3v) is 18.1. The number of aromatic nitrogens is 1. The number of nitriles is 1. The van der Waals surface area contributed by atoms with Crippen LogP contribution in [-0.4, -0.2) is 16.6 Å². The van der Waals surface area contributed by atoms with Crippen molar-refractivity contribution in [1.82, 2.24) is 4.57 Å². The number of Topliss-reactive ketones (excluding diaryl/α,β-unsaturated/α-hetero) is 1. The standard InChI is InChI=1S/C81H74FN3O/c1-11-12-33-68(86)73-63(58-29-21-27-56(44-58)52-34-38-60(39-35-52)80(5,6)7)46-64-72-65(47-83)66(48-84)78(72)85-77(59-30-22-28-57(45-59)53-36-40-61(41-37-53)81(8,9)10)75(62-31-19-20-32-67(62)82)71(55-25-17-14-18-26-55)79(85)76(69-50(3)42-49(2)43-51(69)4)74(64)70(73)54-23-15-13-16-24-54/h13-32,34-46,48,64,72,78,84H,11-12,33H2,1-10H3/t64?,72?,78-/m0/s1. The van der Waals surface area contributed by atoms with Gasteiger partial charge in [0.1, 0.15) is 5.82 Å². The van der Waals surface area contributed by atoms with Crippen molar-refractivity contribution in [3.05, 3.63) is 279 Å². The van der Waals surface area contributed by atoms with Gasteiger partial charge in [-0.3, -0.25) is 4.79 Å². The van der Waals surface area contributed by atoms with Gasteiger partial charge in [-0.2, -0.15) is 5.26 Å². The van der Waals surface area contributed by atoms with Crippen LogP contribution in [0.2, 0.25) is 0 Å². The summed E-state index contributed by atoms with van der Waals surface area (Å²) in [5.41, 5.74) is 23.2. The molecule has 426 valence electrons. The summed E-state index contributed by atoms with van der Waals surface area (Å²) in [7, 11) is 0. The molecule has 1 aliphatic heterocycles.